The highest BCUT2D eigenvalue weighted by atomic mass is 32.1. The monoisotopic (exact) mass is 304 g/mol. The normalized spacial score (nSPS) is 10.2. The molecular formula is C15H20N4OS. The second-order valence-electron chi connectivity index (χ2n) is 4.61. The van der Waals surface area contributed by atoms with Gasteiger partial charge in [0.15, 0.2) is 5.11 Å². The quantitative estimate of drug-likeness (QED) is 0.832. The highest BCUT2D eigenvalue weighted by Gasteiger charge is 2.06. The maximum Gasteiger partial charge on any atom is 0.171 e. The average molecular weight is 304 g/mol. The van der Waals surface area contributed by atoms with Gasteiger partial charge in [-0.3, -0.25) is 4.68 Å². The lowest BCUT2D eigenvalue weighted by Gasteiger charge is -2.11. The molecule has 0 saturated heterocycles. The van der Waals surface area contributed by atoms with Gasteiger partial charge < -0.3 is 15.4 Å². The van der Waals surface area contributed by atoms with E-state index in [-0.39, 0.29) is 0 Å². The zero-order chi connectivity index (χ0) is 15.2. The first kappa shape index (κ1) is 15.3. The number of aromatic nitrogens is 2. The number of anilines is 1. The SMILES string of the molecule is CCn1ncc(CNC(=S)Nc2cccc(OC)c2)c1C. The number of ether oxygens (including phenoxy) is 1. The number of nitrogens with one attached hydrogen (secondary N) is 2. The van der Waals surface area contributed by atoms with Crippen molar-refractivity contribution in [3.63, 3.8) is 0 Å². The second-order valence-corrected chi connectivity index (χ2v) is 5.02. The van der Waals surface area contributed by atoms with Gasteiger partial charge in [-0.15, -0.1) is 0 Å². The molecule has 0 saturated carbocycles. The molecule has 0 unspecified atom stereocenters. The smallest absolute Gasteiger partial charge is 0.171 e. The van der Waals surface area contributed by atoms with Crippen LogP contribution >= 0.6 is 12.2 Å². The largest absolute Gasteiger partial charge is 0.497 e. The Morgan fingerprint density at radius 3 is 2.90 bits per heavy atom. The molecule has 1 aromatic carbocycles. The van der Waals surface area contributed by atoms with Gasteiger partial charge in [-0.1, -0.05) is 6.07 Å². The molecule has 2 rings (SSSR count). The third-order valence-electron chi connectivity index (χ3n) is 3.27. The van der Waals surface area contributed by atoms with Crippen molar-refractivity contribution in [3.05, 3.63) is 41.7 Å². The minimum atomic E-state index is 0.576. The number of thiocarbonyl (C=S) groups is 1. The molecule has 2 aromatic rings. The lowest BCUT2D eigenvalue weighted by molar-refractivity contribution is 0.415. The van der Waals surface area contributed by atoms with Crippen LogP contribution in [0.1, 0.15) is 18.2 Å². The second kappa shape index (κ2) is 7.08. The Hall–Kier alpha value is -2.08. The van der Waals surface area contributed by atoms with E-state index in [4.69, 9.17) is 17.0 Å². The maximum atomic E-state index is 5.30. The first-order valence-electron chi connectivity index (χ1n) is 6.84. The Kier molecular flexibility index (Phi) is 5.16. The van der Waals surface area contributed by atoms with Gasteiger partial charge in [0.2, 0.25) is 0 Å². The summed E-state index contributed by atoms with van der Waals surface area (Å²) in [6, 6.07) is 7.65. The Bertz CT molecular complexity index is 624. The number of nitrogens with zero attached hydrogens (tertiary/aromatic N) is 2. The van der Waals surface area contributed by atoms with E-state index in [1.807, 2.05) is 35.1 Å². The Balaban J connectivity index is 1.91. The molecule has 2 N–H and O–H groups in total. The Labute approximate surface area is 130 Å². The van der Waals surface area contributed by atoms with Crippen LogP contribution in [-0.2, 0) is 13.1 Å². The fraction of sp³-hybridized carbons (Fsp3) is 0.333. The van der Waals surface area contributed by atoms with Crippen molar-refractivity contribution in [3.8, 4) is 5.75 Å². The molecule has 0 aliphatic rings. The highest BCUT2D eigenvalue weighted by molar-refractivity contribution is 7.80. The van der Waals surface area contributed by atoms with Crippen LogP contribution in [0, 0.1) is 6.92 Å². The van der Waals surface area contributed by atoms with Crippen molar-refractivity contribution >= 4 is 23.0 Å². The van der Waals surface area contributed by atoms with Gasteiger partial charge in [0.25, 0.3) is 0 Å². The summed E-state index contributed by atoms with van der Waals surface area (Å²) in [4.78, 5) is 0. The molecule has 0 fully saturated rings. The molecule has 21 heavy (non-hydrogen) atoms. The molecule has 1 aromatic heterocycles. The van der Waals surface area contributed by atoms with Gasteiger partial charge in [-0.2, -0.15) is 5.10 Å². The maximum absolute atomic E-state index is 5.30. The van der Waals surface area contributed by atoms with Crippen molar-refractivity contribution in [1.82, 2.24) is 15.1 Å². The highest BCUT2D eigenvalue weighted by Crippen LogP contribution is 2.16. The van der Waals surface area contributed by atoms with E-state index in [0.29, 0.717) is 11.7 Å². The molecule has 6 heteroatoms. The predicted molar refractivity (Wildman–Crippen MR) is 88.7 cm³/mol. The van der Waals surface area contributed by atoms with Gasteiger partial charge in [-0.05, 0) is 38.2 Å². The number of rotatable bonds is 5. The van der Waals surface area contributed by atoms with E-state index in [1.54, 1.807) is 7.11 Å². The van der Waals surface area contributed by atoms with Crippen LogP contribution in [0.2, 0.25) is 0 Å². The Morgan fingerprint density at radius 1 is 1.43 bits per heavy atom. The summed E-state index contributed by atoms with van der Waals surface area (Å²) in [5.41, 5.74) is 3.20. The molecule has 0 radical (unpaired) electrons. The summed E-state index contributed by atoms with van der Waals surface area (Å²) in [5.74, 6) is 0.794. The molecule has 0 amide bonds. The van der Waals surface area contributed by atoms with Gasteiger partial charge in [0, 0.05) is 36.1 Å². The molecule has 0 atom stereocenters. The zero-order valence-electron chi connectivity index (χ0n) is 12.5. The summed E-state index contributed by atoms with van der Waals surface area (Å²) in [6.07, 6.45) is 1.87. The molecule has 0 aliphatic heterocycles. The molecular weight excluding hydrogens is 284 g/mol. The van der Waals surface area contributed by atoms with Crippen LogP contribution in [0.25, 0.3) is 0 Å². The van der Waals surface area contributed by atoms with Crippen molar-refractivity contribution in [2.24, 2.45) is 0 Å². The fourth-order valence-electron chi connectivity index (χ4n) is 2.03. The molecule has 0 aliphatic carbocycles. The van der Waals surface area contributed by atoms with Crippen molar-refractivity contribution in [2.75, 3.05) is 12.4 Å². The summed E-state index contributed by atoms with van der Waals surface area (Å²) in [6.45, 7) is 5.66. The van der Waals surface area contributed by atoms with Crippen LogP contribution < -0.4 is 15.4 Å². The summed E-state index contributed by atoms with van der Waals surface area (Å²) >= 11 is 5.30. The van der Waals surface area contributed by atoms with E-state index >= 15 is 0 Å². The van der Waals surface area contributed by atoms with Gasteiger partial charge in [-0.25, -0.2) is 0 Å². The topological polar surface area (TPSA) is 51.1 Å². The Morgan fingerprint density at radius 2 is 2.24 bits per heavy atom. The number of hydrogen-bond donors (Lipinski definition) is 2. The first-order valence-corrected chi connectivity index (χ1v) is 7.25. The molecule has 5 nitrogen and oxygen atoms in total. The fourth-order valence-corrected chi connectivity index (χ4v) is 2.22. The standard InChI is InChI=1S/C15H20N4OS/c1-4-19-11(2)12(10-17-19)9-16-15(21)18-13-6-5-7-14(8-13)20-3/h5-8,10H,4,9H2,1-3H3,(H2,16,18,21). The number of hydrogen-bond acceptors (Lipinski definition) is 3. The molecule has 112 valence electrons. The van der Waals surface area contributed by atoms with Crippen LogP contribution in [-0.4, -0.2) is 22.0 Å². The molecule has 0 bridgehead atoms. The third-order valence-corrected chi connectivity index (χ3v) is 3.52. The lowest BCUT2D eigenvalue weighted by atomic mass is 10.2. The molecule has 0 spiro atoms. The van der Waals surface area contributed by atoms with Crippen LogP contribution in [0.15, 0.2) is 30.5 Å². The van der Waals surface area contributed by atoms with Gasteiger partial charge >= 0.3 is 0 Å². The zero-order valence-corrected chi connectivity index (χ0v) is 13.3. The van der Waals surface area contributed by atoms with E-state index in [2.05, 4.69) is 29.6 Å². The van der Waals surface area contributed by atoms with E-state index in [9.17, 15) is 0 Å². The lowest BCUT2D eigenvalue weighted by Crippen LogP contribution is -2.28. The number of methoxy groups -OCH3 is 1. The minimum Gasteiger partial charge on any atom is -0.497 e. The first-order chi connectivity index (χ1) is 10.1. The van der Waals surface area contributed by atoms with E-state index in [1.165, 1.54) is 0 Å². The summed E-state index contributed by atoms with van der Waals surface area (Å²) in [7, 11) is 1.64. The van der Waals surface area contributed by atoms with E-state index < -0.39 is 0 Å². The molecule has 1 heterocycles. The third kappa shape index (κ3) is 3.95. The van der Waals surface area contributed by atoms with Gasteiger partial charge in [0.1, 0.15) is 5.75 Å². The predicted octanol–water partition coefficient (Wildman–Crippen LogP) is 2.71. The number of aryl methyl sites for hydroxylation is 1. The van der Waals surface area contributed by atoms with Crippen LogP contribution in [0.5, 0.6) is 5.75 Å². The van der Waals surface area contributed by atoms with Crippen LogP contribution in [0.4, 0.5) is 5.69 Å². The number of benzene rings is 1. The van der Waals surface area contributed by atoms with Crippen molar-refractivity contribution < 1.29 is 4.74 Å². The summed E-state index contributed by atoms with van der Waals surface area (Å²) in [5, 5.41) is 11.2. The van der Waals surface area contributed by atoms with Crippen LogP contribution in [0.3, 0.4) is 0 Å². The summed E-state index contributed by atoms with van der Waals surface area (Å²) < 4.78 is 7.15. The van der Waals surface area contributed by atoms with Gasteiger partial charge in [0.05, 0.1) is 13.3 Å². The minimum absolute atomic E-state index is 0.576. The van der Waals surface area contributed by atoms with Crippen molar-refractivity contribution in [1.29, 1.82) is 0 Å². The average Bonchev–Trinajstić information content (AvgIpc) is 2.85. The van der Waals surface area contributed by atoms with Crippen molar-refractivity contribution in [2.45, 2.75) is 26.9 Å². The van der Waals surface area contributed by atoms with E-state index in [0.717, 1.165) is 29.2 Å².